The molecule has 1 aromatic rings. The number of hydrogen-bond donors (Lipinski definition) is 2. The molecule has 1 unspecified atom stereocenters. The fraction of sp³-hybridized carbons (Fsp3) is 0.611. The summed E-state index contributed by atoms with van der Waals surface area (Å²) < 4.78 is 60.2. The fourth-order valence-corrected chi connectivity index (χ4v) is 3.75. The van der Waals surface area contributed by atoms with Crippen molar-refractivity contribution in [2.24, 2.45) is 4.99 Å². The monoisotopic (exact) mass is 420 g/mol. The zero-order valence-corrected chi connectivity index (χ0v) is 16.9. The van der Waals surface area contributed by atoms with Gasteiger partial charge in [-0.15, -0.1) is 0 Å². The Morgan fingerprint density at radius 3 is 2.54 bits per heavy atom. The molecule has 6 nitrogen and oxygen atoms in total. The smallest absolute Gasteiger partial charge is 0.356 e. The van der Waals surface area contributed by atoms with E-state index < -0.39 is 21.6 Å². The lowest BCUT2D eigenvalue weighted by molar-refractivity contribution is -0.137. The van der Waals surface area contributed by atoms with Crippen LogP contribution in [0.3, 0.4) is 0 Å². The van der Waals surface area contributed by atoms with Crippen molar-refractivity contribution < 1.29 is 21.6 Å². The Hall–Kier alpha value is -1.81. The number of likely N-dealkylation sites (tertiary alicyclic amines) is 1. The molecule has 1 aliphatic heterocycles. The van der Waals surface area contributed by atoms with Gasteiger partial charge in [-0.25, -0.2) is 8.42 Å². The third-order valence-electron chi connectivity index (χ3n) is 4.51. The molecule has 0 radical (unpaired) electrons. The maximum Gasteiger partial charge on any atom is 0.416 e. The van der Waals surface area contributed by atoms with E-state index in [9.17, 15) is 21.6 Å². The Bertz CT molecular complexity index is 764. The zero-order valence-electron chi connectivity index (χ0n) is 16.1. The topological polar surface area (TPSA) is 73.8 Å². The molecule has 2 rings (SSSR count). The molecule has 2 N–H and O–H groups in total. The van der Waals surface area contributed by atoms with Crippen LogP contribution in [0, 0.1) is 0 Å². The standard InChI is InChI=1S/C18H27F3N4O2S/c1-22-17(23-9-3-11-28(2,26)27)24-16-8-10-25(13-16)12-14-4-6-15(7-5-14)18(19,20)21/h4-7,16H,3,8-13H2,1-2H3,(H2,22,23,24). The van der Waals surface area contributed by atoms with Gasteiger partial charge < -0.3 is 10.6 Å². The van der Waals surface area contributed by atoms with Crippen molar-refractivity contribution in [1.82, 2.24) is 15.5 Å². The van der Waals surface area contributed by atoms with Crippen LogP contribution in [-0.4, -0.2) is 64.0 Å². The lowest BCUT2D eigenvalue weighted by Crippen LogP contribution is -2.45. The first-order valence-electron chi connectivity index (χ1n) is 9.10. The normalized spacial score (nSPS) is 19.0. The van der Waals surface area contributed by atoms with Gasteiger partial charge in [-0.05, 0) is 30.5 Å². The van der Waals surface area contributed by atoms with Crippen LogP contribution in [-0.2, 0) is 22.6 Å². The summed E-state index contributed by atoms with van der Waals surface area (Å²) in [5.74, 6) is 0.747. The van der Waals surface area contributed by atoms with Crippen LogP contribution in [0.4, 0.5) is 13.2 Å². The second kappa shape index (κ2) is 9.60. The number of sulfone groups is 1. The van der Waals surface area contributed by atoms with E-state index in [0.717, 1.165) is 37.2 Å². The van der Waals surface area contributed by atoms with E-state index in [2.05, 4.69) is 20.5 Å². The number of halogens is 3. The molecule has 1 aliphatic rings. The van der Waals surface area contributed by atoms with Gasteiger partial charge in [-0.3, -0.25) is 9.89 Å². The molecule has 0 saturated carbocycles. The second-order valence-electron chi connectivity index (χ2n) is 7.04. The van der Waals surface area contributed by atoms with Gasteiger partial charge in [0.15, 0.2) is 5.96 Å². The quantitative estimate of drug-likeness (QED) is 0.400. The van der Waals surface area contributed by atoms with Crippen molar-refractivity contribution >= 4 is 15.8 Å². The van der Waals surface area contributed by atoms with Gasteiger partial charge in [0, 0.05) is 45.5 Å². The first-order valence-corrected chi connectivity index (χ1v) is 11.2. The lowest BCUT2D eigenvalue weighted by Gasteiger charge is -2.19. The molecular weight excluding hydrogens is 393 g/mol. The molecule has 1 heterocycles. The Kier molecular flexibility index (Phi) is 7.70. The predicted octanol–water partition coefficient (Wildman–Crippen LogP) is 1.88. The van der Waals surface area contributed by atoms with Crippen molar-refractivity contribution in [3.05, 3.63) is 35.4 Å². The summed E-state index contributed by atoms with van der Waals surface area (Å²) >= 11 is 0. The van der Waals surface area contributed by atoms with E-state index in [0.29, 0.717) is 25.5 Å². The molecule has 0 bridgehead atoms. The largest absolute Gasteiger partial charge is 0.416 e. The molecular formula is C18H27F3N4O2S. The summed E-state index contributed by atoms with van der Waals surface area (Å²) in [5.41, 5.74) is 0.208. The number of nitrogens with zero attached hydrogens (tertiary/aromatic N) is 2. The Labute approximate surface area is 164 Å². The Morgan fingerprint density at radius 1 is 1.29 bits per heavy atom. The molecule has 10 heteroatoms. The highest BCUT2D eigenvalue weighted by atomic mass is 32.2. The van der Waals surface area contributed by atoms with Gasteiger partial charge in [0.25, 0.3) is 0 Å². The third-order valence-corrected chi connectivity index (χ3v) is 5.54. The minimum absolute atomic E-state index is 0.126. The van der Waals surface area contributed by atoms with Crippen molar-refractivity contribution in [2.75, 3.05) is 38.7 Å². The highest BCUT2D eigenvalue weighted by Crippen LogP contribution is 2.29. The molecule has 0 spiro atoms. The maximum absolute atomic E-state index is 12.6. The SMILES string of the molecule is CN=C(NCCCS(C)(=O)=O)NC1CCN(Cc2ccc(C(F)(F)F)cc2)C1. The Morgan fingerprint density at radius 2 is 1.96 bits per heavy atom. The van der Waals surface area contributed by atoms with Crippen molar-refractivity contribution in [3.8, 4) is 0 Å². The highest BCUT2D eigenvalue weighted by Gasteiger charge is 2.30. The number of aliphatic imine (C=N–C) groups is 1. The molecule has 158 valence electrons. The van der Waals surface area contributed by atoms with Crippen molar-refractivity contribution in [2.45, 2.75) is 31.6 Å². The first-order chi connectivity index (χ1) is 13.1. The zero-order chi connectivity index (χ0) is 20.8. The molecule has 28 heavy (non-hydrogen) atoms. The molecule has 1 aromatic carbocycles. The van der Waals surface area contributed by atoms with Gasteiger partial charge >= 0.3 is 6.18 Å². The van der Waals surface area contributed by atoms with Crippen molar-refractivity contribution in [3.63, 3.8) is 0 Å². The summed E-state index contributed by atoms with van der Waals surface area (Å²) in [5, 5.41) is 6.41. The third kappa shape index (κ3) is 7.67. The van der Waals surface area contributed by atoms with E-state index in [-0.39, 0.29) is 11.8 Å². The summed E-state index contributed by atoms with van der Waals surface area (Å²) in [4.78, 5) is 6.32. The van der Waals surface area contributed by atoms with Gasteiger partial charge in [0.05, 0.1) is 11.3 Å². The minimum atomic E-state index is -4.31. The molecule has 0 aromatic heterocycles. The van der Waals surface area contributed by atoms with Crippen LogP contribution in [0.1, 0.15) is 24.0 Å². The van der Waals surface area contributed by atoms with Crippen molar-refractivity contribution in [1.29, 1.82) is 0 Å². The summed E-state index contributed by atoms with van der Waals surface area (Å²) in [7, 11) is -1.31. The first kappa shape index (κ1) is 22.5. The molecule has 1 saturated heterocycles. The number of benzene rings is 1. The average molecular weight is 421 g/mol. The number of nitrogens with one attached hydrogen (secondary N) is 2. The number of guanidine groups is 1. The maximum atomic E-state index is 12.6. The van der Waals surface area contributed by atoms with Gasteiger partial charge in [-0.2, -0.15) is 13.2 Å². The summed E-state index contributed by atoms with van der Waals surface area (Å²) in [6.07, 6.45) is -1.70. The van der Waals surface area contributed by atoms with Crippen LogP contribution >= 0.6 is 0 Å². The number of hydrogen-bond acceptors (Lipinski definition) is 4. The molecule has 1 fully saturated rings. The van der Waals surface area contributed by atoms with Crippen LogP contribution < -0.4 is 10.6 Å². The van der Waals surface area contributed by atoms with E-state index in [4.69, 9.17) is 0 Å². The van der Waals surface area contributed by atoms with Gasteiger partial charge in [0.2, 0.25) is 0 Å². The van der Waals surface area contributed by atoms with E-state index in [1.165, 1.54) is 18.4 Å². The van der Waals surface area contributed by atoms with Crippen LogP contribution in [0.2, 0.25) is 0 Å². The van der Waals surface area contributed by atoms with E-state index in [1.807, 2.05) is 0 Å². The lowest BCUT2D eigenvalue weighted by atomic mass is 10.1. The highest BCUT2D eigenvalue weighted by molar-refractivity contribution is 7.90. The average Bonchev–Trinajstić information content (AvgIpc) is 3.03. The number of alkyl halides is 3. The summed E-state index contributed by atoms with van der Waals surface area (Å²) in [6.45, 7) is 2.69. The van der Waals surface area contributed by atoms with E-state index in [1.54, 1.807) is 7.05 Å². The summed E-state index contributed by atoms with van der Waals surface area (Å²) in [6, 6.07) is 5.44. The second-order valence-corrected chi connectivity index (χ2v) is 9.30. The van der Waals surface area contributed by atoms with Gasteiger partial charge in [0.1, 0.15) is 9.84 Å². The minimum Gasteiger partial charge on any atom is -0.356 e. The predicted molar refractivity (Wildman–Crippen MR) is 104 cm³/mol. The molecule has 0 aliphatic carbocycles. The molecule has 0 amide bonds. The number of rotatable bonds is 7. The molecule has 1 atom stereocenters. The van der Waals surface area contributed by atoms with Crippen LogP contribution in [0.5, 0.6) is 0 Å². The van der Waals surface area contributed by atoms with Crippen LogP contribution in [0.25, 0.3) is 0 Å². The van der Waals surface area contributed by atoms with Gasteiger partial charge in [-0.1, -0.05) is 12.1 Å². The van der Waals surface area contributed by atoms with Crippen LogP contribution in [0.15, 0.2) is 29.3 Å². The van der Waals surface area contributed by atoms with E-state index >= 15 is 0 Å². The Balaban J connectivity index is 1.76. The fourth-order valence-electron chi connectivity index (χ4n) is 3.08.